The van der Waals surface area contributed by atoms with Crippen LogP contribution in [0.2, 0.25) is 0 Å². The number of aliphatic hydroxyl groups excluding tert-OH is 1. The predicted molar refractivity (Wildman–Crippen MR) is 46.8 cm³/mol. The Morgan fingerprint density at radius 2 is 2.09 bits per heavy atom. The molecule has 0 saturated heterocycles. The molecule has 1 N–H and O–H groups in total. The molecule has 0 spiro atoms. The van der Waals surface area contributed by atoms with Crippen LogP contribution in [-0.4, -0.2) is 10.1 Å². The van der Waals surface area contributed by atoms with Crippen LogP contribution >= 0.6 is 11.3 Å². The van der Waals surface area contributed by atoms with Gasteiger partial charge in [-0.05, 0) is 6.92 Å². The average molecular weight is 171 g/mol. The van der Waals surface area contributed by atoms with Gasteiger partial charge in [0.15, 0.2) is 0 Å². The zero-order valence-electron chi connectivity index (χ0n) is 7.03. The highest BCUT2D eigenvalue weighted by atomic mass is 32.1. The molecule has 0 fully saturated rings. The molecule has 1 aromatic rings. The van der Waals surface area contributed by atoms with Gasteiger partial charge in [-0.25, -0.2) is 4.98 Å². The Balaban J connectivity index is 2.82. The van der Waals surface area contributed by atoms with Crippen molar-refractivity contribution >= 4 is 11.3 Å². The molecule has 0 aliphatic carbocycles. The Labute approximate surface area is 70.9 Å². The molecule has 1 unspecified atom stereocenters. The summed E-state index contributed by atoms with van der Waals surface area (Å²) in [7, 11) is 0. The third-order valence-electron chi connectivity index (χ3n) is 1.45. The molecule has 0 saturated carbocycles. The van der Waals surface area contributed by atoms with E-state index in [2.05, 4.69) is 18.8 Å². The van der Waals surface area contributed by atoms with Gasteiger partial charge in [-0.2, -0.15) is 0 Å². The van der Waals surface area contributed by atoms with Crippen LogP contribution < -0.4 is 0 Å². The van der Waals surface area contributed by atoms with E-state index in [0.29, 0.717) is 5.92 Å². The van der Waals surface area contributed by atoms with Gasteiger partial charge in [0.05, 0.1) is 16.0 Å². The highest BCUT2D eigenvalue weighted by molar-refractivity contribution is 7.11. The molecule has 1 rings (SSSR count). The topological polar surface area (TPSA) is 33.1 Å². The van der Waals surface area contributed by atoms with Crippen molar-refractivity contribution in [2.45, 2.75) is 32.8 Å². The van der Waals surface area contributed by atoms with E-state index in [1.807, 2.05) is 0 Å². The summed E-state index contributed by atoms with van der Waals surface area (Å²) < 4.78 is 0. The molecule has 2 nitrogen and oxygen atoms in total. The first-order valence-corrected chi connectivity index (χ1v) is 4.56. The lowest BCUT2D eigenvalue weighted by atomic mass is 10.2. The van der Waals surface area contributed by atoms with Crippen molar-refractivity contribution in [3.63, 3.8) is 0 Å². The number of hydrogen-bond donors (Lipinski definition) is 1. The molecule has 0 bridgehead atoms. The first kappa shape index (κ1) is 8.68. The van der Waals surface area contributed by atoms with Crippen LogP contribution in [0, 0.1) is 0 Å². The largest absolute Gasteiger partial charge is 0.388 e. The Kier molecular flexibility index (Phi) is 2.62. The van der Waals surface area contributed by atoms with Crippen LogP contribution in [0.15, 0.2) is 6.20 Å². The molecular formula is C8H13NOS. The minimum absolute atomic E-state index is 0.375. The number of hydrogen-bond acceptors (Lipinski definition) is 3. The quantitative estimate of drug-likeness (QED) is 0.740. The maximum atomic E-state index is 9.19. The lowest BCUT2D eigenvalue weighted by Gasteiger charge is -1.97. The standard InChI is InChI=1S/C8H13NOS/c1-5(2)8-9-4-7(11-8)6(3)10/h4-6,10H,1-3H3. The fourth-order valence-corrected chi connectivity index (χ4v) is 1.62. The van der Waals surface area contributed by atoms with Crippen LogP contribution in [0.3, 0.4) is 0 Å². The molecule has 0 aromatic carbocycles. The summed E-state index contributed by atoms with van der Waals surface area (Å²) in [5.74, 6) is 0.465. The van der Waals surface area contributed by atoms with Crippen molar-refractivity contribution in [1.82, 2.24) is 4.98 Å². The normalized spacial score (nSPS) is 13.9. The molecule has 1 atom stereocenters. The fourth-order valence-electron chi connectivity index (χ4n) is 0.761. The van der Waals surface area contributed by atoms with E-state index in [9.17, 15) is 5.11 Å². The summed E-state index contributed by atoms with van der Waals surface area (Å²) >= 11 is 1.59. The number of thiazole rings is 1. The molecule has 1 aromatic heterocycles. The van der Waals surface area contributed by atoms with Gasteiger partial charge in [0.1, 0.15) is 0 Å². The molecule has 0 aliphatic heterocycles. The molecule has 62 valence electrons. The highest BCUT2D eigenvalue weighted by Crippen LogP contribution is 2.25. The third kappa shape index (κ3) is 2.01. The molecule has 0 radical (unpaired) electrons. The summed E-state index contributed by atoms with van der Waals surface area (Å²) in [5.41, 5.74) is 0. The average Bonchev–Trinajstić information content (AvgIpc) is 2.33. The lowest BCUT2D eigenvalue weighted by Crippen LogP contribution is -1.83. The smallest absolute Gasteiger partial charge is 0.0954 e. The summed E-state index contributed by atoms with van der Waals surface area (Å²) in [6.45, 7) is 5.97. The van der Waals surface area contributed by atoms with Gasteiger partial charge in [0.2, 0.25) is 0 Å². The molecule has 3 heteroatoms. The van der Waals surface area contributed by atoms with Crippen molar-refractivity contribution in [1.29, 1.82) is 0 Å². The van der Waals surface area contributed by atoms with Gasteiger partial charge in [0.25, 0.3) is 0 Å². The predicted octanol–water partition coefficient (Wildman–Crippen LogP) is 2.32. The molecular weight excluding hydrogens is 158 g/mol. The summed E-state index contributed by atoms with van der Waals surface area (Å²) in [6.07, 6.45) is 1.38. The molecule has 11 heavy (non-hydrogen) atoms. The zero-order valence-corrected chi connectivity index (χ0v) is 7.85. The Morgan fingerprint density at radius 1 is 1.45 bits per heavy atom. The molecule has 0 aliphatic rings. The monoisotopic (exact) mass is 171 g/mol. The summed E-state index contributed by atoms with van der Waals surface area (Å²) in [4.78, 5) is 5.15. The number of aromatic nitrogens is 1. The van der Waals surface area contributed by atoms with E-state index in [1.165, 1.54) is 0 Å². The van der Waals surface area contributed by atoms with E-state index in [1.54, 1.807) is 24.5 Å². The summed E-state index contributed by atoms with van der Waals surface area (Å²) in [6, 6.07) is 0. The van der Waals surface area contributed by atoms with Crippen molar-refractivity contribution in [2.24, 2.45) is 0 Å². The van der Waals surface area contributed by atoms with Crippen LogP contribution in [0.5, 0.6) is 0 Å². The fraction of sp³-hybridized carbons (Fsp3) is 0.625. The third-order valence-corrected chi connectivity index (χ3v) is 2.92. The summed E-state index contributed by atoms with van der Waals surface area (Å²) in [5, 5.41) is 10.3. The second kappa shape index (κ2) is 3.32. The Morgan fingerprint density at radius 3 is 2.36 bits per heavy atom. The second-order valence-corrected chi connectivity index (χ2v) is 4.03. The number of rotatable bonds is 2. The van der Waals surface area contributed by atoms with E-state index in [4.69, 9.17) is 0 Å². The first-order valence-electron chi connectivity index (χ1n) is 3.75. The Bertz CT molecular complexity index is 207. The van der Waals surface area contributed by atoms with Crippen LogP contribution in [0.1, 0.15) is 42.7 Å². The number of aliphatic hydroxyl groups is 1. The van der Waals surface area contributed by atoms with Crippen molar-refractivity contribution < 1.29 is 5.11 Å². The van der Waals surface area contributed by atoms with E-state index in [-0.39, 0.29) is 6.10 Å². The van der Waals surface area contributed by atoms with Gasteiger partial charge in [-0.3, -0.25) is 0 Å². The zero-order chi connectivity index (χ0) is 8.43. The van der Waals surface area contributed by atoms with Crippen molar-refractivity contribution in [3.8, 4) is 0 Å². The minimum Gasteiger partial charge on any atom is -0.388 e. The van der Waals surface area contributed by atoms with Crippen LogP contribution in [-0.2, 0) is 0 Å². The van der Waals surface area contributed by atoms with Gasteiger partial charge in [-0.1, -0.05) is 13.8 Å². The first-order chi connectivity index (χ1) is 5.11. The Hall–Kier alpha value is -0.410. The maximum absolute atomic E-state index is 9.19. The van der Waals surface area contributed by atoms with E-state index in [0.717, 1.165) is 9.88 Å². The minimum atomic E-state index is -0.375. The SMILES string of the molecule is CC(C)c1ncc(C(C)O)s1. The van der Waals surface area contributed by atoms with Gasteiger partial charge < -0.3 is 5.11 Å². The molecule has 1 heterocycles. The van der Waals surface area contributed by atoms with E-state index >= 15 is 0 Å². The van der Waals surface area contributed by atoms with Gasteiger partial charge >= 0.3 is 0 Å². The maximum Gasteiger partial charge on any atom is 0.0954 e. The van der Waals surface area contributed by atoms with Gasteiger partial charge in [0, 0.05) is 12.1 Å². The van der Waals surface area contributed by atoms with Crippen molar-refractivity contribution in [3.05, 3.63) is 16.1 Å². The van der Waals surface area contributed by atoms with Crippen LogP contribution in [0.4, 0.5) is 0 Å². The highest BCUT2D eigenvalue weighted by Gasteiger charge is 2.08. The second-order valence-electron chi connectivity index (χ2n) is 2.93. The van der Waals surface area contributed by atoms with Crippen molar-refractivity contribution in [2.75, 3.05) is 0 Å². The lowest BCUT2D eigenvalue weighted by molar-refractivity contribution is 0.203. The van der Waals surface area contributed by atoms with Crippen LogP contribution in [0.25, 0.3) is 0 Å². The molecule has 0 amide bonds. The van der Waals surface area contributed by atoms with E-state index < -0.39 is 0 Å². The number of nitrogens with zero attached hydrogens (tertiary/aromatic N) is 1. The van der Waals surface area contributed by atoms with Gasteiger partial charge in [-0.15, -0.1) is 11.3 Å².